The van der Waals surface area contributed by atoms with E-state index in [9.17, 15) is 13.6 Å². The molecule has 0 aromatic heterocycles. The molecule has 0 bridgehead atoms. The Labute approximate surface area is 116 Å². The number of hydrogen-bond donors (Lipinski definition) is 1. The summed E-state index contributed by atoms with van der Waals surface area (Å²) in [5.41, 5.74) is 6.14. The Balaban J connectivity index is 2.15. The summed E-state index contributed by atoms with van der Waals surface area (Å²) < 4.78 is 31.7. The van der Waals surface area contributed by atoms with Crippen molar-refractivity contribution in [1.29, 1.82) is 0 Å². The van der Waals surface area contributed by atoms with Gasteiger partial charge in [0.15, 0.2) is 11.6 Å². The minimum absolute atomic E-state index is 0.0196. The van der Waals surface area contributed by atoms with E-state index in [1.165, 1.54) is 19.2 Å². The summed E-state index contributed by atoms with van der Waals surface area (Å²) in [4.78, 5) is 13.0. The number of halogens is 2. The third kappa shape index (κ3) is 3.25. The third-order valence-corrected chi connectivity index (χ3v) is 3.52. The van der Waals surface area contributed by atoms with E-state index in [-0.39, 0.29) is 30.0 Å². The van der Waals surface area contributed by atoms with Gasteiger partial charge in [0, 0.05) is 19.1 Å². The van der Waals surface area contributed by atoms with Gasteiger partial charge in [-0.1, -0.05) is 6.07 Å². The number of esters is 1. The molecule has 0 saturated carbocycles. The fourth-order valence-electron chi connectivity index (χ4n) is 2.65. The zero-order chi connectivity index (χ0) is 14.7. The van der Waals surface area contributed by atoms with Crippen LogP contribution in [0.4, 0.5) is 14.5 Å². The molecule has 0 amide bonds. The Bertz CT molecular complexity index is 496. The maximum absolute atomic E-state index is 13.8. The zero-order valence-electron chi connectivity index (χ0n) is 11.3. The quantitative estimate of drug-likeness (QED) is 0.858. The summed E-state index contributed by atoms with van der Waals surface area (Å²) in [5.74, 6) is -2.10. The Kier molecular flexibility index (Phi) is 4.54. The molecule has 110 valence electrons. The molecule has 1 heterocycles. The summed E-state index contributed by atoms with van der Waals surface area (Å²) in [6.07, 6.45) is 0.903. The molecule has 0 radical (unpaired) electrons. The van der Waals surface area contributed by atoms with Gasteiger partial charge in [0.05, 0.1) is 19.2 Å². The van der Waals surface area contributed by atoms with E-state index in [1.54, 1.807) is 4.90 Å². The van der Waals surface area contributed by atoms with Gasteiger partial charge in [-0.3, -0.25) is 4.79 Å². The van der Waals surface area contributed by atoms with Crippen LogP contribution in [0.1, 0.15) is 12.8 Å². The molecule has 1 saturated heterocycles. The SMILES string of the molecule is COC(=O)CC1CC(N)CN(c2cccc(F)c2F)C1. The van der Waals surface area contributed by atoms with Crippen molar-refractivity contribution < 1.29 is 18.3 Å². The number of piperidine rings is 1. The van der Waals surface area contributed by atoms with Crippen LogP contribution < -0.4 is 10.6 Å². The number of carbonyl (C=O) groups is 1. The van der Waals surface area contributed by atoms with Gasteiger partial charge in [-0.15, -0.1) is 0 Å². The maximum atomic E-state index is 13.8. The number of rotatable bonds is 3. The first-order valence-electron chi connectivity index (χ1n) is 6.52. The molecule has 6 heteroatoms. The number of ether oxygens (including phenoxy) is 1. The average molecular weight is 284 g/mol. The predicted octanol–water partition coefficient (Wildman–Crippen LogP) is 1.68. The summed E-state index contributed by atoms with van der Waals surface area (Å²) in [6.45, 7) is 0.904. The summed E-state index contributed by atoms with van der Waals surface area (Å²) in [5, 5.41) is 0. The first-order valence-corrected chi connectivity index (χ1v) is 6.52. The smallest absolute Gasteiger partial charge is 0.305 e. The van der Waals surface area contributed by atoms with Crippen molar-refractivity contribution in [1.82, 2.24) is 0 Å². The molecule has 1 aromatic carbocycles. The molecule has 1 aromatic rings. The van der Waals surface area contributed by atoms with Gasteiger partial charge in [-0.05, 0) is 24.5 Å². The predicted molar refractivity (Wildman–Crippen MR) is 71.3 cm³/mol. The van der Waals surface area contributed by atoms with E-state index in [2.05, 4.69) is 4.74 Å². The van der Waals surface area contributed by atoms with Crippen LogP contribution in [-0.4, -0.2) is 32.2 Å². The molecule has 20 heavy (non-hydrogen) atoms. The van der Waals surface area contributed by atoms with Gasteiger partial charge >= 0.3 is 5.97 Å². The van der Waals surface area contributed by atoms with Crippen molar-refractivity contribution in [2.45, 2.75) is 18.9 Å². The highest BCUT2D eigenvalue weighted by atomic mass is 19.2. The summed E-state index contributed by atoms with van der Waals surface area (Å²) >= 11 is 0. The second kappa shape index (κ2) is 6.17. The average Bonchev–Trinajstić information content (AvgIpc) is 2.41. The second-order valence-corrected chi connectivity index (χ2v) is 5.12. The molecule has 1 aliphatic rings. The number of anilines is 1. The molecule has 2 N–H and O–H groups in total. The first kappa shape index (κ1) is 14.7. The van der Waals surface area contributed by atoms with E-state index in [1.807, 2.05) is 0 Å². The number of benzene rings is 1. The number of methoxy groups -OCH3 is 1. The minimum Gasteiger partial charge on any atom is -0.469 e. The topological polar surface area (TPSA) is 55.6 Å². The Morgan fingerprint density at radius 1 is 1.45 bits per heavy atom. The van der Waals surface area contributed by atoms with Crippen molar-refractivity contribution in [2.24, 2.45) is 11.7 Å². The van der Waals surface area contributed by atoms with Crippen molar-refractivity contribution in [3.8, 4) is 0 Å². The van der Waals surface area contributed by atoms with Gasteiger partial charge in [0.1, 0.15) is 0 Å². The lowest BCUT2D eigenvalue weighted by Gasteiger charge is -2.37. The monoisotopic (exact) mass is 284 g/mol. The Morgan fingerprint density at radius 3 is 2.90 bits per heavy atom. The number of nitrogens with zero attached hydrogens (tertiary/aromatic N) is 1. The van der Waals surface area contributed by atoms with Crippen LogP contribution >= 0.6 is 0 Å². The number of carbonyl (C=O) groups excluding carboxylic acids is 1. The highest BCUT2D eigenvalue weighted by molar-refractivity contribution is 5.69. The number of nitrogens with two attached hydrogens (primary N) is 1. The van der Waals surface area contributed by atoms with Crippen LogP contribution in [0.3, 0.4) is 0 Å². The molecule has 2 atom stereocenters. The largest absolute Gasteiger partial charge is 0.469 e. The van der Waals surface area contributed by atoms with Crippen LogP contribution in [-0.2, 0) is 9.53 Å². The fourth-order valence-corrected chi connectivity index (χ4v) is 2.65. The molecule has 0 aliphatic carbocycles. The van der Waals surface area contributed by atoms with E-state index in [0.717, 1.165) is 6.07 Å². The third-order valence-electron chi connectivity index (χ3n) is 3.52. The summed E-state index contributed by atoms with van der Waals surface area (Å²) in [7, 11) is 1.33. The van der Waals surface area contributed by atoms with Crippen LogP contribution in [0.25, 0.3) is 0 Å². The molecule has 1 aliphatic heterocycles. The molecule has 4 nitrogen and oxygen atoms in total. The first-order chi connectivity index (χ1) is 9.51. The lowest BCUT2D eigenvalue weighted by molar-refractivity contribution is -0.141. The normalized spacial score (nSPS) is 22.7. The van der Waals surface area contributed by atoms with Gasteiger partial charge in [0.25, 0.3) is 0 Å². The van der Waals surface area contributed by atoms with Gasteiger partial charge in [-0.25, -0.2) is 8.78 Å². The fraction of sp³-hybridized carbons (Fsp3) is 0.500. The van der Waals surface area contributed by atoms with Crippen LogP contribution in [0.5, 0.6) is 0 Å². The van der Waals surface area contributed by atoms with Crippen molar-refractivity contribution >= 4 is 11.7 Å². The summed E-state index contributed by atoms with van der Waals surface area (Å²) in [6, 6.07) is 3.88. The Morgan fingerprint density at radius 2 is 2.20 bits per heavy atom. The molecule has 2 rings (SSSR count). The highest BCUT2D eigenvalue weighted by Gasteiger charge is 2.29. The van der Waals surface area contributed by atoms with Gasteiger partial charge in [0.2, 0.25) is 0 Å². The number of hydrogen-bond acceptors (Lipinski definition) is 4. The lowest BCUT2D eigenvalue weighted by Crippen LogP contribution is -2.48. The van der Waals surface area contributed by atoms with Crippen molar-refractivity contribution in [3.63, 3.8) is 0 Å². The molecule has 2 unspecified atom stereocenters. The van der Waals surface area contributed by atoms with Gasteiger partial charge < -0.3 is 15.4 Å². The maximum Gasteiger partial charge on any atom is 0.305 e. The van der Waals surface area contributed by atoms with E-state index in [4.69, 9.17) is 5.73 Å². The molecular weight excluding hydrogens is 266 g/mol. The standard InChI is InChI=1S/C14H18F2N2O2/c1-20-13(19)6-9-5-10(17)8-18(7-9)12-4-2-3-11(15)14(12)16/h2-4,9-10H,5-8,17H2,1H3. The van der Waals surface area contributed by atoms with Crippen LogP contribution in [0.2, 0.25) is 0 Å². The second-order valence-electron chi connectivity index (χ2n) is 5.12. The van der Waals surface area contributed by atoms with Crippen LogP contribution in [0, 0.1) is 17.6 Å². The van der Waals surface area contributed by atoms with E-state index < -0.39 is 11.6 Å². The Hall–Kier alpha value is -1.69. The minimum atomic E-state index is -0.883. The lowest BCUT2D eigenvalue weighted by atomic mass is 9.91. The zero-order valence-corrected chi connectivity index (χ0v) is 11.3. The molecular formula is C14H18F2N2O2. The van der Waals surface area contributed by atoms with Crippen LogP contribution in [0.15, 0.2) is 18.2 Å². The molecule has 0 spiro atoms. The van der Waals surface area contributed by atoms with Crippen molar-refractivity contribution in [2.75, 3.05) is 25.1 Å². The highest BCUT2D eigenvalue weighted by Crippen LogP contribution is 2.27. The van der Waals surface area contributed by atoms with Crippen molar-refractivity contribution in [3.05, 3.63) is 29.8 Å². The van der Waals surface area contributed by atoms with E-state index in [0.29, 0.717) is 19.5 Å². The van der Waals surface area contributed by atoms with E-state index >= 15 is 0 Å². The molecule has 1 fully saturated rings. The van der Waals surface area contributed by atoms with Gasteiger partial charge in [-0.2, -0.15) is 0 Å².